The van der Waals surface area contributed by atoms with Gasteiger partial charge in [0.05, 0.1) is 5.60 Å². The first-order chi connectivity index (χ1) is 14.2. The molecule has 30 heavy (non-hydrogen) atoms. The Hall–Kier alpha value is -0.960. The fraction of sp³-hybridized carbons (Fsp3) is 0.778. The van der Waals surface area contributed by atoms with Crippen molar-refractivity contribution in [3.05, 3.63) is 35.4 Å². The van der Waals surface area contributed by atoms with Gasteiger partial charge in [-0.2, -0.15) is 0 Å². The molecule has 0 fully saturated rings. The molecule has 1 aromatic carbocycles. The number of rotatable bonds is 16. The molecule has 3 heteroatoms. The maximum Gasteiger partial charge on any atom is 0.159 e. The molecule has 0 bridgehead atoms. The minimum absolute atomic E-state index is 0.241. The highest BCUT2D eigenvalue weighted by molar-refractivity contribution is 5.17. The number of hydrogen-bond acceptors (Lipinski definition) is 1. The molecular weight excluding hydrogens is 378 g/mol. The summed E-state index contributed by atoms with van der Waals surface area (Å²) >= 11 is 0. The van der Waals surface area contributed by atoms with Crippen LogP contribution < -0.4 is 0 Å². The third-order valence-electron chi connectivity index (χ3n) is 6.91. The van der Waals surface area contributed by atoms with Gasteiger partial charge in [-0.3, -0.25) is 0 Å². The van der Waals surface area contributed by atoms with Gasteiger partial charge in [-0.05, 0) is 61.1 Å². The number of hydrogen-bond donors (Lipinski definition) is 1. The Bertz CT molecular complexity index is 574. The molecule has 0 saturated heterocycles. The largest absolute Gasteiger partial charge is 0.389 e. The van der Waals surface area contributed by atoms with Crippen LogP contribution in [0.15, 0.2) is 18.2 Å². The van der Waals surface area contributed by atoms with Gasteiger partial charge in [0.2, 0.25) is 0 Å². The summed E-state index contributed by atoms with van der Waals surface area (Å²) in [6, 6.07) is 4.20. The lowest BCUT2D eigenvalue weighted by atomic mass is 9.68. The zero-order valence-corrected chi connectivity index (χ0v) is 20.2. The molecule has 1 rings (SSSR count). The Morgan fingerprint density at radius 3 is 1.83 bits per heavy atom. The molecule has 0 heterocycles. The monoisotopic (exact) mass is 424 g/mol. The third-order valence-corrected chi connectivity index (χ3v) is 6.91. The van der Waals surface area contributed by atoms with Gasteiger partial charge in [-0.15, -0.1) is 0 Å². The number of aryl methyl sites for hydroxylation is 1. The van der Waals surface area contributed by atoms with Crippen molar-refractivity contribution in [3.8, 4) is 0 Å². The van der Waals surface area contributed by atoms with Crippen molar-refractivity contribution in [2.75, 3.05) is 0 Å². The molecule has 1 unspecified atom stereocenters. The molecule has 0 amide bonds. The molecule has 0 aliphatic heterocycles. The Balaban J connectivity index is 2.54. The second-order valence-corrected chi connectivity index (χ2v) is 9.80. The van der Waals surface area contributed by atoms with Crippen LogP contribution in [0, 0.1) is 29.4 Å². The molecule has 0 spiro atoms. The first kappa shape index (κ1) is 27.1. The topological polar surface area (TPSA) is 20.2 Å². The van der Waals surface area contributed by atoms with Gasteiger partial charge in [0, 0.05) is 0 Å². The predicted molar refractivity (Wildman–Crippen MR) is 125 cm³/mol. The van der Waals surface area contributed by atoms with Crippen molar-refractivity contribution >= 4 is 0 Å². The lowest BCUT2D eigenvalue weighted by Gasteiger charge is -2.43. The molecule has 1 aromatic rings. The van der Waals surface area contributed by atoms with Crippen molar-refractivity contribution in [3.63, 3.8) is 0 Å². The lowest BCUT2D eigenvalue weighted by Crippen LogP contribution is -2.47. The summed E-state index contributed by atoms with van der Waals surface area (Å²) in [5.41, 5.74) is 0.238. The van der Waals surface area contributed by atoms with Crippen LogP contribution in [-0.4, -0.2) is 10.7 Å². The highest BCUT2D eigenvalue weighted by Gasteiger charge is 2.41. The first-order valence-corrected chi connectivity index (χ1v) is 12.4. The van der Waals surface area contributed by atoms with Crippen molar-refractivity contribution in [1.82, 2.24) is 0 Å². The van der Waals surface area contributed by atoms with E-state index in [1.54, 1.807) is 6.07 Å². The Labute approximate surface area is 184 Å². The van der Waals surface area contributed by atoms with Crippen LogP contribution in [-0.2, 0) is 6.42 Å². The average Bonchev–Trinajstić information content (AvgIpc) is 2.70. The fourth-order valence-electron chi connectivity index (χ4n) is 4.98. The van der Waals surface area contributed by atoms with E-state index in [-0.39, 0.29) is 11.8 Å². The summed E-state index contributed by atoms with van der Waals surface area (Å²) in [6.07, 6.45) is 13.7. The normalized spacial score (nSPS) is 13.4. The van der Waals surface area contributed by atoms with E-state index in [1.807, 2.05) is 0 Å². The van der Waals surface area contributed by atoms with E-state index >= 15 is 0 Å². The third kappa shape index (κ3) is 8.65. The minimum atomic E-state index is -0.780. The maximum atomic E-state index is 13.4. The second kappa shape index (κ2) is 14.2. The zero-order valence-electron chi connectivity index (χ0n) is 20.2. The van der Waals surface area contributed by atoms with Crippen molar-refractivity contribution < 1.29 is 13.9 Å². The van der Waals surface area contributed by atoms with Gasteiger partial charge in [0.25, 0.3) is 0 Å². The highest BCUT2D eigenvalue weighted by Crippen LogP contribution is 2.39. The summed E-state index contributed by atoms with van der Waals surface area (Å²) < 4.78 is 26.4. The number of benzene rings is 1. The average molecular weight is 425 g/mol. The minimum Gasteiger partial charge on any atom is -0.389 e. The summed E-state index contributed by atoms with van der Waals surface area (Å²) in [5, 5.41) is 11.6. The summed E-state index contributed by atoms with van der Waals surface area (Å²) in [5.74, 6) is -0.732. The van der Waals surface area contributed by atoms with Gasteiger partial charge in [0.1, 0.15) is 0 Å². The Kier molecular flexibility index (Phi) is 12.8. The van der Waals surface area contributed by atoms with E-state index < -0.39 is 17.2 Å². The van der Waals surface area contributed by atoms with Crippen LogP contribution in [0.5, 0.6) is 0 Å². The van der Waals surface area contributed by atoms with Gasteiger partial charge in [-0.25, -0.2) is 8.78 Å². The lowest BCUT2D eigenvalue weighted by molar-refractivity contribution is -0.102. The summed E-state index contributed by atoms with van der Waals surface area (Å²) in [6.45, 7) is 10.8. The van der Waals surface area contributed by atoms with Crippen LogP contribution >= 0.6 is 0 Å². The highest BCUT2D eigenvalue weighted by atomic mass is 19.2. The molecule has 174 valence electrons. The van der Waals surface area contributed by atoms with E-state index in [0.717, 1.165) is 44.1 Å². The van der Waals surface area contributed by atoms with Gasteiger partial charge < -0.3 is 5.11 Å². The first-order valence-electron chi connectivity index (χ1n) is 12.4. The Morgan fingerprint density at radius 1 is 0.767 bits per heavy atom. The molecule has 1 nitrogen and oxygen atoms in total. The number of unbranched alkanes of at least 4 members (excludes halogenated alkanes) is 7. The predicted octanol–water partition coefficient (Wildman–Crippen LogP) is 8.48. The number of aliphatic hydroxyl groups is 1. The standard InChI is InChI=1S/C27H46F2O/c1-6-7-8-9-10-13-16-24(27(30,21(2)3)22(4)5)17-14-11-12-15-23-18-19-25(28)26(29)20-23/h18-22,24,30H,6-17H2,1-5H3. The zero-order chi connectivity index (χ0) is 22.6. The van der Waals surface area contributed by atoms with E-state index in [2.05, 4.69) is 34.6 Å². The quantitative estimate of drug-likeness (QED) is 0.264. The fourth-order valence-corrected chi connectivity index (χ4v) is 4.98. The molecule has 0 radical (unpaired) electrons. The van der Waals surface area contributed by atoms with Crippen LogP contribution in [0.4, 0.5) is 8.78 Å². The van der Waals surface area contributed by atoms with E-state index in [4.69, 9.17) is 0 Å². The van der Waals surface area contributed by atoms with Gasteiger partial charge in [0.15, 0.2) is 11.6 Å². The van der Waals surface area contributed by atoms with Crippen LogP contribution in [0.25, 0.3) is 0 Å². The van der Waals surface area contributed by atoms with Crippen LogP contribution in [0.1, 0.15) is 111 Å². The van der Waals surface area contributed by atoms with E-state index in [0.29, 0.717) is 5.92 Å². The van der Waals surface area contributed by atoms with Crippen molar-refractivity contribution in [1.29, 1.82) is 0 Å². The maximum absolute atomic E-state index is 13.4. The molecule has 0 saturated carbocycles. The SMILES string of the molecule is CCCCCCCCC(CCCCCc1ccc(F)c(F)c1)C(O)(C(C)C)C(C)C. The number of halogens is 2. The molecule has 0 aromatic heterocycles. The molecule has 1 N–H and O–H groups in total. The molecule has 0 aliphatic carbocycles. The van der Waals surface area contributed by atoms with Gasteiger partial charge in [-0.1, -0.05) is 92.1 Å². The summed E-state index contributed by atoms with van der Waals surface area (Å²) in [7, 11) is 0. The smallest absolute Gasteiger partial charge is 0.159 e. The van der Waals surface area contributed by atoms with Crippen molar-refractivity contribution in [2.45, 2.75) is 117 Å². The summed E-state index contributed by atoms with van der Waals surface area (Å²) in [4.78, 5) is 0. The van der Waals surface area contributed by atoms with E-state index in [1.165, 1.54) is 50.7 Å². The Morgan fingerprint density at radius 2 is 1.30 bits per heavy atom. The molecular formula is C27H46F2O. The van der Waals surface area contributed by atoms with Crippen molar-refractivity contribution in [2.24, 2.45) is 17.8 Å². The molecule has 1 atom stereocenters. The van der Waals surface area contributed by atoms with Crippen LogP contribution in [0.3, 0.4) is 0 Å². The van der Waals surface area contributed by atoms with Crippen LogP contribution in [0.2, 0.25) is 0 Å². The van der Waals surface area contributed by atoms with Gasteiger partial charge >= 0.3 is 0 Å². The van der Waals surface area contributed by atoms with E-state index in [9.17, 15) is 13.9 Å². The second-order valence-electron chi connectivity index (χ2n) is 9.80. The molecule has 0 aliphatic rings.